The number of hydrogen-bond donors (Lipinski definition) is 2. The maximum Gasteiger partial charge on any atom is 0.276 e. The van der Waals surface area contributed by atoms with E-state index in [4.69, 9.17) is 16.3 Å². The molecule has 0 aliphatic rings. The van der Waals surface area contributed by atoms with Crippen molar-refractivity contribution >= 4 is 33.3 Å². The van der Waals surface area contributed by atoms with Gasteiger partial charge in [0, 0.05) is 11.8 Å². The molecule has 2 N–H and O–H groups in total. The number of ether oxygens (including phenoxy) is 1. The molecule has 9 heteroatoms. The highest BCUT2D eigenvalue weighted by atomic mass is 35.5. The molecule has 0 spiro atoms. The molecule has 7 nitrogen and oxygen atoms in total. The number of rotatable bonds is 5. The summed E-state index contributed by atoms with van der Waals surface area (Å²) in [5.41, 5.74) is 5.13. The Morgan fingerprint density at radius 3 is 2.46 bits per heavy atom. The van der Waals surface area contributed by atoms with Gasteiger partial charge in [-0.15, -0.1) is 0 Å². The standard InChI is InChI=1S/C17H17ClN2O5S/c1-11-7-8-12(26(2,23)24)9-13(11)17(22)20-19-16(21)10-25-15-6-4-3-5-14(15)18/h3-9H,10H2,1-2H3,(H,19,21)(H,20,22). The predicted octanol–water partition coefficient (Wildman–Crippen LogP) is 1.89. The molecule has 0 bridgehead atoms. The van der Waals surface area contributed by atoms with Crippen LogP contribution in [0.15, 0.2) is 47.4 Å². The first-order valence-corrected chi connectivity index (χ1v) is 9.72. The number of carbonyl (C=O) groups excluding carboxylic acids is 2. The highest BCUT2D eigenvalue weighted by Crippen LogP contribution is 2.22. The quantitative estimate of drug-likeness (QED) is 0.751. The van der Waals surface area contributed by atoms with Crippen LogP contribution in [0.2, 0.25) is 5.02 Å². The molecule has 2 rings (SSSR count). The van der Waals surface area contributed by atoms with Crippen LogP contribution >= 0.6 is 11.6 Å². The zero-order valence-corrected chi connectivity index (χ0v) is 15.6. The lowest BCUT2D eigenvalue weighted by atomic mass is 10.1. The Labute approximate surface area is 156 Å². The Kier molecular flexibility index (Phi) is 6.23. The van der Waals surface area contributed by atoms with Gasteiger partial charge in [0.1, 0.15) is 5.75 Å². The molecule has 2 aromatic carbocycles. The number of amides is 2. The third-order valence-corrected chi connectivity index (χ3v) is 4.82. The largest absolute Gasteiger partial charge is 0.482 e. The van der Waals surface area contributed by atoms with Crippen LogP contribution in [0, 0.1) is 6.92 Å². The molecule has 0 atom stereocenters. The molecule has 0 radical (unpaired) electrons. The molecule has 0 aromatic heterocycles. The van der Waals surface area contributed by atoms with Crippen LogP contribution in [-0.2, 0) is 14.6 Å². The van der Waals surface area contributed by atoms with Crippen molar-refractivity contribution in [2.24, 2.45) is 0 Å². The van der Waals surface area contributed by atoms with Crippen LogP contribution < -0.4 is 15.6 Å². The van der Waals surface area contributed by atoms with Crippen molar-refractivity contribution in [3.8, 4) is 5.75 Å². The van der Waals surface area contributed by atoms with E-state index in [1.807, 2.05) is 0 Å². The average Bonchev–Trinajstić information content (AvgIpc) is 2.58. The van der Waals surface area contributed by atoms with E-state index in [0.717, 1.165) is 6.26 Å². The summed E-state index contributed by atoms with van der Waals surface area (Å²) >= 11 is 5.91. The van der Waals surface area contributed by atoms with Crippen molar-refractivity contribution in [1.82, 2.24) is 10.9 Å². The molecule has 26 heavy (non-hydrogen) atoms. The first kappa shape index (κ1) is 19.7. The minimum Gasteiger partial charge on any atom is -0.482 e. The number of carbonyl (C=O) groups is 2. The van der Waals surface area contributed by atoms with Gasteiger partial charge in [0.05, 0.1) is 9.92 Å². The van der Waals surface area contributed by atoms with Gasteiger partial charge in [-0.3, -0.25) is 20.4 Å². The molecular formula is C17H17ClN2O5S. The van der Waals surface area contributed by atoms with E-state index in [2.05, 4.69) is 10.9 Å². The number of hydrazine groups is 1. The molecule has 2 amide bonds. The summed E-state index contributed by atoms with van der Waals surface area (Å²) in [6.45, 7) is 1.30. The van der Waals surface area contributed by atoms with Crippen LogP contribution in [0.4, 0.5) is 0 Å². The van der Waals surface area contributed by atoms with E-state index >= 15 is 0 Å². The average molecular weight is 397 g/mol. The van der Waals surface area contributed by atoms with Crippen LogP contribution in [0.1, 0.15) is 15.9 Å². The maximum absolute atomic E-state index is 12.2. The van der Waals surface area contributed by atoms with Crippen molar-refractivity contribution < 1.29 is 22.7 Å². The van der Waals surface area contributed by atoms with E-state index in [1.54, 1.807) is 31.2 Å². The summed E-state index contributed by atoms with van der Waals surface area (Å²) in [4.78, 5) is 24.0. The Morgan fingerprint density at radius 2 is 1.81 bits per heavy atom. The lowest BCUT2D eigenvalue weighted by molar-refractivity contribution is -0.123. The Balaban J connectivity index is 1.96. The minimum atomic E-state index is -3.45. The lowest BCUT2D eigenvalue weighted by Crippen LogP contribution is -2.44. The van der Waals surface area contributed by atoms with Crippen molar-refractivity contribution in [3.05, 3.63) is 58.6 Å². The highest BCUT2D eigenvalue weighted by molar-refractivity contribution is 7.90. The number of benzene rings is 2. The van der Waals surface area contributed by atoms with Gasteiger partial charge in [-0.1, -0.05) is 29.8 Å². The molecule has 0 fully saturated rings. The van der Waals surface area contributed by atoms with Crippen molar-refractivity contribution in [2.75, 3.05) is 12.9 Å². The van der Waals surface area contributed by atoms with E-state index in [1.165, 1.54) is 18.2 Å². The number of hydrogen-bond acceptors (Lipinski definition) is 5. The molecule has 0 heterocycles. The monoisotopic (exact) mass is 396 g/mol. The Hall–Kier alpha value is -2.58. The van der Waals surface area contributed by atoms with Crippen molar-refractivity contribution in [1.29, 1.82) is 0 Å². The molecule has 0 aliphatic heterocycles. The fourth-order valence-electron chi connectivity index (χ4n) is 2.01. The first-order chi connectivity index (χ1) is 12.2. The second-order valence-electron chi connectivity index (χ2n) is 5.47. The lowest BCUT2D eigenvalue weighted by Gasteiger charge is -2.11. The first-order valence-electron chi connectivity index (χ1n) is 7.45. The van der Waals surface area contributed by atoms with E-state index < -0.39 is 21.7 Å². The van der Waals surface area contributed by atoms with Crippen molar-refractivity contribution in [3.63, 3.8) is 0 Å². The van der Waals surface area contributed by atoms with E-state index in [-0.39, 0.29) is 17.1 Å². The van der Waals surface area contributed by atoms with Crippen LogP contribution in [0.3, 0.4) is 0 Å². The normalized spacial score (nSPS) is 10.9. The van der Waals surface area contributed by atoms with Crippen LogP contribution in [0.25, 0.3) is 0 Å². The Bertz CT molecular complexity index is 944. The molecule has 138 valence electrons. The van der Waals surface area contributed by atoms with Crippen LogP contribution in [-0.4, -0.2) is 33.1 Å². The predicted molar refractivity (Wildman–Crippen MR) is 96.8 cm³/mol. The van der Waals surface area contributed by atoms with Gasteiger partial charge in [-0.2, -0.15) is 0 Å². The van der Waals surface area contributed by atoms with E-state index in [9.17, 15) is 18.0 Å². The molecular weight excluding hydrogens is 380 g/mol. The van der Waals surface area contributed by atoms with Crippen LogP contribution in [0.5, 0.6) is 5.75 Å². The summed E-state index contributed by atoms with van der Waals surface area (Å²) in [7, 11) is -3.45. The van der Waals surface area contributed by atoms with Gasteiger partial charge in [0.15, 0.2) is 16.4 Å². The molecule has 2 aromatic rings. The van der Waals surface area contributed by atoms with Gasteiger partial charge in [0.2, 0.25) is 0 Å². The smallest absolute Gasteiger partial charge is 0.276 e. The fourth-order valence-corrected chi connectivity index (χ4v) is 2.85. The second kappa shape index (κ2) is 8.20. The number of halogens is 1. The zero-order chi connectivity index (χ0) is 19.3. The van der Waals surface area contributed by atoms with Gasteiger partial charge in [-0.25, -0.2) is 8.42 Å². The third-order valence-electron chi connectivity index (χ3n) is 3.39. The molecule has 0 unspecified atom stereocenters. The number of nitrogens with one attached hydrogen (secondary N) is 2. The maximum atomic E-state index is 12.2. The number of sulfone groups is 1. The summed E-state index contributed by atoms with van der Waals surface area (Å²) in [5, 5.41) is 0.359. The minimum absolute atomic E-state index is 0.0154. The zero-order valence-electron chi connectivity index (χ0n) is 14.1. The van der Waals surface area contributed by atoms with Gasteiger partial charge in [-0.05, 0) is 36.8 Å². The molecule has 0 saturated heterocycles. The molecule has 0 aliphatic carbocycles. The van der Waals surface area contributed by atoms with Gasteiger partial charge < -0.3 is 4.74 Å². The SMILES string of the molecule is Cc1ccc(S(C)(=O)=O)cc1C(=O)NNC(=O)COc1ccccc1Cl. The summed E-state index contributed by atoms with van der Waals surface area (Å²) in [6, 6.07) is 10.8. The third kappa shape index (κ3) is 5.21. The molecule has 0 saturated carbocycles. The Morgan fingerprint density at radius 1 is 1.12 bits per heavy atom. The summed E-state index contributed by atoms with van der Waals surface area (Å²) in [6.07, 6.45) is 1.05. The highest BCUT2D eigenvalue weighted by Gasteiger charge is 2.15. The van der Waals surface area contributed by atoms with Gasteiger partial charge >= 0.3 is 0 Å². The van der Waals surface area contributed by atoms with E-state index in [0.29, 0.717) is 16.3 Å². The van der Waals surface area contributed by atoms with Gasteiger partial charge in [0.25, 0.3) is 11.8 Å². The number of para-hydroxylation sites is 1. The fraction of sp³-hybridized carbons (Fsp3) is 0.176. The summed E-state index contributed by atoms with van der Waals surface area (Å²) in [5.74, 6) is -0.901. The van der Waals surface area contributed by atoms with Crippen molar-refractivity contribution in [2.45, 2.75) is 11.8 Å². The summed E-state index contributed by atoms with van der Waals surface area (Å²) < 4.78 is 28.5. The topological polar surface area (TPSA) is 102 Å². The number of aryl methyl sites for hydroxylation is 1. The second-order valence-corrected chi connectivity index (χ2v) is 7.89.